The first-order chi connectivity index (χ1) is 12.7. The van der Waals surface area contributed by atoms with Crippen molar-refractivity contribution >= 4 is 28.1 Å². The highest BCUT2D eigenvalue weighted by Crippen LogP contribution is 2.23. The largest absolute Gasteiger partial charge is 0.446 e. The van der Waals surface area contributed by atoms with Crippen LogP contribution in [0.5, 0.6) is 0 Å². The lowest BCUT2D eigenvalue weighted by Gasteiger charge is -2.06. The molecule has 1 aromatic carbocycles. The molecule has 1 atom stereocenters. The van der Waals surface area contributed by atoms with Gasteiger partial charge in [0.1, 0.15) is 6.26 Å². The third-order valence-electron chi connectivity index (χ3n) is 4.19. The summed E-state index contributed by atoms with van der Waals surface area (Å²) in [6.07, 6.45) is 3.87. The number of aromatic amines is 1. The molecule has 1 unspecified atom stereocenters. The Labute approximate surface area is 154 Å². The molecule has 26 heavy (non-hydrogen) atoms. The molecule has 3 aromatic heterocycles. The van der Waals surface area contributed by atoms with E-state index < -0.39 is 6.04 Å². The van der Waals surface area contributed by atoms with Crippen molar-refractivity contribution in [3.63, 3.8) is 0 Å². The number of carbonyl (C=O) groups excluding carboxylic acids is 1. The van der Waals surface area contributed by atoms with Gasteiger partial charge in [0.05, 0.1) is 12.6 Å². The first-order valence-electron chi connectivity index (χ1n) is 8.27. The van der Waals surface area contributed by atoms with E-state index >= 15 is 0 Å². The zero-order valence-corrected chi connectivity index (χ0v) is 14.8. The van der Waals surface area contributed by atoms with Crippen LogP contribution in [0.25, 0.3) is 10.9 Å². The molecule has 0 aliphatic carbocycles. The zero-order valence-electron chi connectivity index (χ0n) is 13.9. The molecule has 4 N–H and O–H groups in total. The van der Waals surface area contributed by atoms with Gasteiger partial charge in [-0.3, -0.25) is 4.79 Å². The second kappa shape index (κ2) is 7.15. The molecule has 0 bridgehead atoms. The zero-order chi connectivity index (χ0) is 17.9. The van der Waals surface area contributed by atoms with Crippen LogP contribution in [0.15, 0.2) is 58.7 Å². The predicted molar refractivity (Wildman–Crippen MR) is 101 cm³/mol. The van der Waals surface area contributed by atoms with Crippen LogP contribution in [0, 0.1) is 0 Å². The van der Waals surface area contributed by atoms with Gasteiger partial charge in [-0.15, -0.1) is 11.3 Å². The van der Waals surface area contributed by atoms with Crippen LogP contribution in [0.3, 0.4) is 0 Å². The van der Waals surface area contributed by atoms with Crippen molar-refractivity contribution in [1.82, 2.24) is 15.3 Å². The molecular weight excluding hydrogens is 348 g/mol. The smallest absolute Gasteiger partial charge is 0.273 e. The van der Waals surface area contributed by atoms with E-state index in [4.69, 9.17) is 10.2 Å². The molecule has 0 aliphatic rings. The molecule has 3 heterocycles. The minimum atomic E-state index is -0.423. The van der Waals surface area contributed by atoms with Gasteiger partial charge < -0.3 is 20.5 Å². The summed E-state index contributed by atoms with van der Waals surface area (Å²) in [6.45, 7) is 0.472. The number of carbonyl (C=O) groups is 1. The molecule has 6 nitrogen and oxygen atoms in total. The normalized spacial score (nSPS) is 12.3. The molecule has 4 rings (SSSR count). The number of para-hydroxylation sites is 1. The van der Waals surface area contributed by atoms with Gasteiger partial charge in [-0.05, 0) is 29.5 Å². The highest BCUT2D eigenvalue weighted by molar-refractivity contribution is 7.09. The van der Waals surface area contributed by atoms with Gasteiger partial charge in [0, 0.05) is 22.0 Å². The van der Waals surface area contributed by atoms with E-state index in [1.807, 2.05) is 48.0 Å². The predicted octanol–water partition coefficient (Wildman–Crippen LogP) is 3.39. The number of H-pyrrole nitrogens is 1. The molecule has 0 fully saturated rings. The van der Waals surface area contributed by atoms with E-state index in [0.717, 1.165) is 21.3 Å². The van der Waals surface area contributed by atoms with Gasteiger partial charge in [0.15, 0.2) is 5.69 Å². The molecule has 132 valence electrons. The van der Waals surface area contributed by atoms with Gasteiger partial charge in [0.25, 0.3) is 5.91 Å². The van der Waals surface area contributed by atoms with Crippen LogP contribution in [-0.2, 0) is 13.0 Å². The molecule has 4 aromatic rings. The maximum absolute atomic E-state index is 12.2. The summed E-state index contributed by atoms with van der Waals surface area (Å²) in [5, 5.41) is 5.93. The van der Waals surface area contributed by atoms with Gasteiger partial charge in [0.2, 0.25) is 5.89 Å². The number of hydrogen-bond donors (Lipinski definition) is 3. The van der Waals surface area contributed by atoms with Crippen molar-refractivity contribution < 1.29 is 9.21 Å². The Balaban J connectivity index is 1.42. The van der Waals surface area contributed by atoms with Crippen molar-refractivity contribution in [2.75, 3.05) is 0 Å². The summed E-state index contributed by atoms with van der Waals surface area (Å²) >= 11 is 1.59. The molecule has 7 heteroatoms. The number of benzene rings is 1. The first-order valence-corrected chi connectivity index (χ1v) is 9.15. The summed E-state index contributed by atoms with van der Waals surface area (Å²) < 4.78 is 5.44. The first kappa shape index (κ1) is 16.6. The lowest BCUT2D eigenvalue weighted by molar-refractivity contribution is 0.0946. The highest BCUT2D eigenvalue weighted by Gasteiger charge is 2.18. The fraction of sp³-hybridized carbons (Fsp3) is 0.158. The number of fused-ring (bicyclic) bond motifs is 1. The summed E-state index contributed by atoms with van der Waals surface area (Å²) in [6, 6.07) is 11.5. The van der Waals surface area contributed by atoms with Crippen molar-refractivity contribution in [2.24, 2.45) is 5.73 Å². The molecule has 1 amide bonds. The topological polar surface area (TPSA) is 96.9 Å². The van der Waals surface area contributed by atoms with Gasteiger partial charge in [-0.25, -0.2) is 4.98 Å². The fourth-order valence-corrected chi connectivity index (χ4v) is 3.50. The molecule has 0 aliphatic heterocycles. The minimum absolute atomic E-state index is 0.242. The number of nitrogens with one attached hydrogen (secondary N) is 2. The average molecular weight is 366 g/mol. The summed E-state index contributed by atoms with van der Waals surface area (Å²) in [4.78, 5) is 20.8. The van der Waals surface area contributed by atoms with E-state index in [9.17, 15) is 4.79 Å². The van der Waals surface area contributed by atoms with Crippen molar-refractivity contribution in [2.45, 2.75) is 19.0 Å². The molecule has 0 saturated heterocycles. The number of amides is 1. The second-order valence-electron chi connectivity index (χ2n) is 6.00. The maximum Gasteiger partial charge on any atom is 0.273 e. The van der Waals surface area contributed by atoms with E-state index in [2.05, 4.69) is 15.3 Å². The third-order valence-corrected chi connectivity index (χ3v) is 5.07. The van der Waals surface area contributed by atoms with Crippen LogP contribution in [0.4, 0.5) is 0 Å². The highest BCUT2D eigenvalue weighted by atomic mass is 32.1. The van der Waals surface area contributed by atoms with E-state index in [0.29, 0.717) is 18.9 Å². The lowest BCUT2D eigenvalue weighted by Crippen LogP contribution is -2.23. The Morgan fingerprint density at radius 1 is 1.31 bits per heavy atom. The summed E-state index contributed by atoms with van der Waals surface area (Å²) in [7, 11) is 0. The van der Waals surface area contributed by atoms with E-state index in [-0.39, 0.29) is 11.6 Å². The van der Waals surface area contributed by atoms with Crippen LogP contribution >= 0.6 is 11.3 Å². The van der Waals surface area contributed by atoms with Gasteiger partial charge >= 0.3 is 0 Å². The van der Waals surface area contributed by atoms with E-state index in [1.54, 1.807) is 11.3 Å². The third kappa shape index (κ3) is 3.40. The molecular formula is C19H18N4O2S. The number of hydrogen-bond acceptors (Lipinski definition) is 5. The number of rotatable bonds is 6. The fourth-order valence-electron chi connectivity index (χ4n) is 2.86. The minimum Gasteiger partial charge on any atom is -0.446 e. The molecule has 0 saturated carbocycles. The molecule has 0 spiro atoms. The average Bonchev–Trinajstić information content (AvgIpc) is 3.40. The second-order valence-corrected chi connectivity index (χ2v) is 7.04. The number of thiophene rings is 1. The van der Waals surface area contributed by atoms with Crippen molar-refractivity contribution in [1.29, 1.82) is 0 Å². The van der Waals surface area contributed by atoms with Crippen LogP contribution < -0.4 is 11.1 Å². The standard InChI is InChI=1S/C19H18N4O2S/c20-15(8-12-9-21-16-6-2-1-5-14(12)16)19-23-17(11-25-19)18(24)22-10-13-4-3-7-26-13/h1-7,9,11,15,21H,8,10,20H2,(H,22,24). The van der Waals surface area contributed by atoms with Gasteiger partial charge in [-0.1, -0.05) is 24.3 Å². The lowest BCUT2D eigenvalue weighted by atomic mass is 10.1. The Morgan fingerprint density at radius 2 is 2.19 bits per heavy atom. The van der Waals surface area contributed by atoms with Crippen LogP contribution in [-0.4, -0.2) is 15.9 Å². The van der Waals surface area contributed by atoms with Crippen LogP contribution in [0.1, 0.15) is 32.9 Å². The Kier molecular flexibility index (Phi) is 4.55. The van der Waals surface area contributed by atoms with Gasteiger partial charge in [-0.2, -0.15) is 0 Å². The van der Waals surface area contributed by atoms with Crippen molar-refractivity contribution in [3.05, 3.63) is 76.3 Å². The monoisotopic (exact) mass is 366 g/mol. The number of oxazole rings is 1. The quantitative estimate of drug-likeness (QED) is 0.487. The Bertz CT molecular complexity index is 1020. The number of nitrogens with two attached hydrogens (primary N) is 1. The summed E-state index contributed by atoms with van der Waals surface area (Å²) in [5.74, 6) is 0.0873. The maximum atomic E-state index is 12.2. The number of aromatic nitrogens is 2. The van der Waals surface area contributed by atoms with E-state index in [1.165, 1.54) is 6.26 Å². The number of nitrogens with zero attached hydrogens (tertiary/aromatic N) is 1. The Morgan fingerprint density at radius 3 is 3.04 bits per heavy atom. The molecule has 0 radical (unpaired) electrons. The Hall–Kier alpha value is -2.90. The SMILES string of the molecule is NC(Cc1c[nH]c2ccccc12)c1nc(C(=O)NCc2cccs2)co1. The van der Waals surface area contributed by atoms with Crippen LogP contribution in [0.2, 0.25) is 0 Å². The summed E-state index contributed by atoms with van der Waals surface area (Å²) in [5.41, 5.74) is 8.64. The van der Waals surface area contributed by atoms with Crippen molar-refractivity contribution in [3.8, 4) is 0 Å².